The highest BCUT2D eigenvalue weighted by atomic mass is 16.3. The van der Waals surface area contributed by atoms with E-state index in [2.05, 4.69) is 0 Å². The van der Waals surface area contributed by atoms with Crippen LogP contribution < -0.4 is 0 Å². The van der Waals surface area contributed by atoms with Gasteiger partial charge in [0.2, 0.25) is 0 Å². The summed E-state index contributed by atoms with van der Waals surface area (Å²) in [6, 6.07) is 0. The molecule has 0 aliphatic heterocycles. The topological polar surface area (TPSA) is 40.5 Å². The van der Waals surface area contributed by atoms with Crippen LogP contribution in [0.2, 0.25) is 0 Å². The van der Waals surface area contributed by atoms with E-state index in [4.69, 9.17) is 10.2 Å². The van der Waals surface area contributed by atoms with Gasteiger partial charge in [-0.1, -0.05) is 0 Å². The zero-order valence-corrected chi connectivity index (χ0v) is 3.68. The Bertz CT molecular complexity index is 52.6. The lowest BCUT2D eigenvalue weighted by Crippen LogP contribution is -1.74. The van der Waals surface area contributed by atoms with Crippen LogP contribution in [0.1, 0.15) is 6.92 Å². The number of rotatable bonds is 1. The Morgan fingerprint density at radius 1 is 1.83 bits per heavy atom. The number of hydrogen-bond donors (Lipinski definition) is 2. The summed E-state index contributed by atoms with van der Waals surface area (Å²) in [6.07, 6.45) is 1.32. The minimum absolute atomic E-state index is 0.0810. The van der Waals surface area contributed by atoms with Crippen LogP contribution in [-0.2, 0) is 0 Å². The largest absolute Gasteiger partial charge is 0.513 e. The molecule has 0 atom stereocenters. The van der Waals surface area contributed by atoms with Crippen LogP contribution in [0.25, 0.3) is 0 Å². The van der Waals surface area contributed by atoms with E-state index in [9.17, 15) is 0 Å². The molecule has 0 spiro atoms. The summed E-state index contributed by atoms with van der Waals surface area (Å²) < 4.78 is 0. The molecule has 0 aliphatic carbocycles. The fraction of sp³-hybridized carbons (Fsp3) is 0.500. The van der Waals surface area contributed by atoms with Gasteiger partial charge in [-0.2, -0.15) is 0 Å². The lowest BCUT2D eigenvalue weighted by Gasteiger charge is -1.80. The second kappa shape index (κ2) is 2.72. The molecule has 0 aromatic rings. The maximum Gasteiger partial charge on any atom is 0.0874 e. The molecule has 0 aliphatic rings. The summed E-state index contributed by atoms with van der Waals surface area (Å²) in [5, 5.41) is 16.3. The summed E-state index contributed by atoms with van der Waals surface area (Å²) in [7, 11) is 0. The van der Waals surface area contributed by atoms with Crippen LogP contribution >= 0.6 is 0 Å². The molecule has 0 heterocycles. The van der Waals surface area contributed by atoms with Gasteiger partial charge in [-0.05, 0) is 13.0 Å². The highest BCUT2D eigenvalue weighted by Gasteiger charge is 1.71. The van der Waals surface area contributed by atoms with Gasteiger partial charge in [-0.15, -0.1) is 0 Å². The average Bonchev–Trinajstić information content (AvgIpc) is 1.35. The summed E-state index contributed by atoms with van der Waals surface area (Å²) in [4.78, 5) is 0. The van der Waals surface area contributed by atoms with Gasteiger partial charge in [0.25, 0.3) is 0 Å². The molecule has 0 radical (unpaired) electrons. The Kier molecular flexibility index (Phi) is 2.50. The van der Waals surface area contributed by atoms with Crippen LogP contribution in [0, 0.1) is 0 Å². The molecule has 0 amide bonds. The van der Waals surface area contributed by atoms with Crippen molar-refractivity contribution in [3.63, 3.8) is 0 Å². The molecule has 0 aromatic heterocycles. The van der Waals surface area contributed by atoms with Crippen molar-refractivity contribution in [2.45, 2.75) is 6.92 Å². The normalized spacial score (nSPS) is 12.0. The maximum absolute atomic E-state index is 8.25. The molecule has 0 saturated carbocycles. The molecule has 2 heteroatoms. The molecular weight excluding hydrogens is 80.0 g/mol. The first-order valence-corrected chi connectivity index (χ1v) is 1.74. The molecule has 0 saturated heterocycles. The summed E-state index contributed by atoms with van der Waals surface area (Å²) in [5.74, 6) is 0.164. The third-order valence-corrected chi connectivity index (χ3v) is 0.387. The fourth-order valence-corrected chi connectivity index (χ4v) is 0.132. The van der Waals surface area contributed by atoms with Gasteiger partial charge >= 0.3 is 0 Å². The molecule has 0 unspecified atom stereocenters. The standard InChI is InChI=1S/C4H8O2/c1-4(6)2-3-5/h2,5-6H,3H2,1H3/b4-2+. The minimum Gasteiger partial charge on any atom is -0.513 e. The monoisotopic (exact) mass is 88.1 g/mol. The second-order valence-corrected chi connectivity index (χ2v) is 1.03. The highest BCUT2D eigenvalue weighted by molar-refractivity contribution is 4.84. The van der Waals surface area contributed by atoms with E-state index in [1.54, 1.807) is 0 Å². The van der Waals surface area contributed by atoms with E-state index in [-0.39, 0.29) is 12.4 Å². The summed E-state index contributed by atoms with van der Waals surface area (Å²) in [5.41, 5.74) is 0. The van der Waals surface area contributed by atoms with Crippen LogP contribution in [0.4, 0.5) is 0 Å². The predicted octanol–water partition coefficient (Wildman–Crippen LogP) is 0.440. The van der Waals surface area contributed by atoms with Gasteiger partial charge in [-0.3, -0.25) is 0 Å². The second-order valence-electron chi connectivity index (χ2n) is 1.03. The van der Waals surface area contributed by atoms with Gasteiger partial charge in [0, 0.05) is 0 Å². The van der Waals surface area contributed by atoms with Gasteiger partial charge in [0.05, 0.1) is 12.4 Å². The minimum atomic E-state index is -0.0810. The Morgan fingerprint density at radius 2 is 2.33 bits per heavy atom. The number of aliphatic hydroxyl groups excluding tert-OH is 2. The molecule has 6 heavy (non-hydrogen) atoms. The first-order valence-electron chi connectivity index (χ1n) is 1.74. The van der Waals surface area contributed by atoms with Crippen molar-refractivity contribution in [3.05, 3.63) is 11.8 Å². The lowest BCUT2D eigenvalue weighted by molar-refractivity contribution is 0.329. The van der Waals surface area contributed by atoms with Crippen molar-refractivity contribution in [2.24, 2.45) is 0 Å². The third-order valence-electron chi connectivity index (χ3n) is 0.387. The fourth-order valence-electron chi connectivity index (χ4n) is 0.132. The van der Waals surface area contributed by atoms with Crippen LogP contribution in [-0.4, -0.2) is 16.8 Å². The lowest BCUT2D eigenvalue weighted by atomic mass is 10.5. The Morgan fingerprint density at radius 3 is 2.33 bits per heavy atom. The average molecular weight is 88.1 g/mol. The molecule has 0 fully saturated rings. The molecule has 0 rings (SSSR count). The predicted molar refractivity (Wildman–Crippen MR) is 23.5 cm³/mol. The van der Waals surface area contributed by atoms with Gasteiger partial charge in [0.15, 0.2) is 0 Å². The van der Waals surface area contributed by atoms with Crippen molar-refractivity contribution in [1.29, 1.82) is 0 Å². The van der Waals surface area contributed by atoms with E-state index in [1.165, 1.54) is 13.0 Å². The van der Waals surface area contributed by atoms with Crippen LogP contribution in [0.3, 0.4) is 0 Å². The van der Waals surface area contributed by atoms with E-state index >= 15 is 0 Å². The number of allylic oxidation sites excluding steroid dienone is 1. The summed E-state index contributed by atoms with van der Waals surface area (Å²) >= 11 is 0. The third kappa shape index (κ3) is 3.50. The molecular formula is C4H8O2. The van der Waals surface area contributed by atoms with Crippen molar-refractivity contribution >= 4 is 0 Å². The highest BCUT2D eigenvalue weighted by Crippen LogP contribution is 1.78. The van der Waals surface area contributed by atoms with Crippen molar-refractivity contribution < 1.29 is 10.2 Å². The van der Waals surface area contributed by atoms with Crippen molar-refractivity contribution in [2.75, 3.05) is 6.61 Å². The first-order chi connectivity index (χ1) is 2.77. The number of aliphatic hydroxyl groups is 2. The molecule has 0 aromatic carbocycles. The smallest absolute Gasteiger partial charge is 0.0874 e. The van der Waals surface area contributed by atoms with Gasteiger partial charge < -0.3 is 10.2 Å². The van der Waals surface area contributed by atoms with E-state index in [0.717, 1.165) is 0 Å². The quantitative estimate of drug-likeness (QED) is 0.456. The zero-order valence-electron chi connectivity index (χ0n) is 3.68. The Hall–Kier alpha value is -0.500. The number of hydrogen-bond acceptors (Lipinski definition) is 2. The Labute approximate surface area is 36.7 Å². The zero-order chi connectivity index (χ0) is 4.99. The van der Waals surface area contributed by atoms with Crippen molar-refractivity contribution in [1.82, 2.24) is 0 Å². The SMILES string of the molecule is C/C(O)=C\CO. The van der Waals surface area contributed by atoms with Gasteiger partial charge in [-0.25, -0.2) is 0 Å². The molecule has 36 valence electrons. The summed E-state index contributed by atoms with van der Waals surface area (Å²) in [6.45, 7) is 1.43. The maximum atomic E-state index is 8.25. The molecule has 2 N–H and O–H groups in total. The molecule has 2 nitrogen and oxygen atoms in total. The van der Waals surface area contributed by atoms with Gasteiger partial charge in [0.1, 0.15) is 0 Å². The Balaban J connectivity index is 3.14. The molecule has 0 bridgehead atoms. The van der Waals surface area contributed by atoms with E-state index < -0.39 is 0 Å². The van der Waals surface area contributed by atoms with Crippen LogP contribution in [0.5, 0.6) is 0 Å². The van der Waals surface area contributed by atoms with E-state index in [1.807, 2.05) is 0 Å². The van der Waals surface area contributed by atoms with Crippen LogP contribution in [0.15, 0.2) is 11.8 Å². The van der Waals surface area contributed by atoms with Crippen molar-refractivity contribution in [3.8, 4) is 0 Å². The van der Waals surface area contributed by atoms with E-state index in [0.29, 0.717) is 0 Å². The first kappa shape index (κ1) is 5.50.